The van der Waals surface area contributed by atoms with Crippen LogP contribution in [0, 0.1) is 5.92 Å². The van der Waals surface area contributed by atoms with Crippen LogP contribution < -0.4 is 10.6 Å². The number of ether oxygens (including phenoxy) is 1. The summed E-state index contributed by atoms with van der Waals surface area (Å²) in [4.78, 5) is 14.2. The fourth-order valence-electron chi connectivity index (χ4n) is 2.60. The molecule has 0 aliphatic rings. The topological polar surface area (TPSA) is 53.6 Å². The summed E-state index contributed by atoms with van der Waals surface area (Å²) >= 11 is 0. The maximum Gasteiger partial charge on any atom is 0.315 e. The maximum absolute atomic E-state index is 12.1. The van der Waals surface area contributed by atoms with Crippen molar-refractivity contribution in [3.05, 3.63) is 35.4 Å². The van der Waals surface area contributed by atoms with Gasteiger partial charge in [0.15, 0.2) is 0 Å². The van der Waals surface area contributed by atoms with E-state index in [4.69, 9.17) is 4.74 Å². The van der Waals surface area contributed by atoms with Crippen LogP contribution in [-0.4, -0.2) is 44.7 Å². The number of rotatable bonds is 9. The first kappa shape index (κ1) is 19.5. The van der Waals surface area contributed by atoms with Gasteiger partial charge in [-0.05, 0) is 37.6 Å². The number of nitrogens with zero attached hydrogens (tertiary/aromatic N) is 1. The zero-order chi connectivity index (χ0) is 17.2. The van der Waals surface area contributed by atoms with Crippen molar-refractivity contribution in [3.63, 3.8) is 0 Å². The standard InChI is InChI=1S/C18H31N3O2/c1-14(2)9-17(12-21(3)4)20-18(22)19-11-15-7-6-8-16(10-15)13-23-5/h6-8,10,14,17H,9,11-13H2,1-5H3,(H2,19,20,22). The number of hydrogen-bond acceptors (Lipinski definition) is 3. The molecule has 1 atom stereocenters. The number of nitrogens with one attached hydrogen (secondary N) is 2. The highest BCUT2D eigenvalue weighted by atomic mass is 16.5. The highest BCUT2D eigenvalue weighted by molar-refractivity contribution is 5.74. The molecule has 0 aliphatic heterocycles. The summed E-state index contributed by atoms with van der Waals surface area (Å²) in [5.41, 5.74) is 2.18. The number of carbonyl (C=O) groups excluding carboxylic acids is 1. The van der Waals surface area contributed by atoms with E-state index in [9.17, 15) is 4.79 Å². The van der Waals surface area contributed by atoms with E-state index in [1.165, 1.54) is 0 Å². The highest BCUT2D eigenvalue weighted by Crippen LogP contribution is 2.07. The van der Waals surface area contributed by atoms with Crippen molar-refractivity contribution < 1.29 is 9.53 Å². The maximum atomic E-state index is 12.1. The summed E-state index contributed by atoms with van der Waals surface area (Å²) in [6.45, 7) is 6.28. The van der Waals surface area contributed by atoms with Crippen LogP contribution in [0.3, 0.4) is 0 Å². The van der Waals surface area contributed by atoms with E-state index < -0.39 is 0 Å². The zero-order valence-corrected chi connectivity index (χ0v) is 15.1. The quantitative estimate of drug-likeness (QED) is 0.735. The molecule has 0 bridgehead atoms. The molecule has 23 heavy (non-hydrogen) atoms. The molecule has 1 aromatic rings. The van der Waals surface area contributed by atoms with Gasteiger partial charge in [-0.15, -0.1) is 0 Å². The van der Waals surface area contributed by atoms with Crippen LogP contribution in [0.5, 0.6) is 0 Å². The predicted molar refractivity (Wildman–Crippen MR) is 94.3 cm³/mol. The Morgan fingerprint density at radius 2 is 1.96 bits per heavy atom. The van der Waals surface area contributed by atoms with E-state index in [1.807, 2.05) is 32.3 Å². The Bertz CT molecular complexity index is 465. The molecule has 0 radical (unpaired) electrons. The first-order valence-corrected chi connectivity index (χ1v) is 8.16. The van der Waals surface area contributed by atoms with Gasteiger partial charge in [0.1, 0.15) is 0 Å². The van der Waals surface area contributed by atoms with E-state index in [-0.39, 0.29) is 12.1 Å². The number of amides is 2. The Balaban J connectivity index is 2.49. The van der Waals surface area contributed by atoms with E-state index >= 15 is 0 Å². The van der Waals surface area contributed by atoms with E-state index in [2.05, 4.69) is 35.4 Å². The number of carbonyl (C=O) groups is 1. The zero-order valence-electron chi connectivity index (χ0n) is 15.1. The van der Waals surface area contributed by atoms with Gasteiger partial charge in [0.05, 0.1) is 6.61 Å². The molecule has 2 N–H and O–H groups in total. The summed E-state index contributed by atoms with van der Waals surface area (Å²) in [7, 11) is 5.72. The monoisotopic (exact) mass is 321 g/mol. The first-order valence-electron chi connectivity index (χ1n) is 8.16. The average molecular weight is 321 g/mol. The molecule has 1 rings (SSSR count). The second-order valence-corrected chi connectivity index (χ2v) is 6.67. The SMILES string of the molecule is COCc1cccc(CNC(=O)NC(CC(C)C)CN(C)C)c1. The Labute approximate surface area is 140 Å². The second-order valence-electron chi connectivity index (χ2n) is 6.67. The van der Waals surface area contributed by atoms with Crippen LogP contribution in [0.1, 0.15) is 31.4 Å². The van der Waals surface area contributed by atoms with Crippen molar-refractivity contribution in [1.82, 2.24) is 15.5 Å². The third-order valence-corrected chi connectivity index (χ3v) is 3.43. The van der Waals surface area contributed by atoms with E-state index in [0.29, 0.717) is 19.1 Å². The Hall–Kier alpha value is -1.59. The van der Waals surface area contributed by atoms with Gasteiger partial charge < -0.3 is 20.3 Å². The molecule has 5 heteroatoms. The average Bonchev–Trinajstić information content (AvgIpc) is 2.44. The van der Waals surface area contributed by atoms with Crippen LogP contribution in [-0.2, 0) is 17.9 Å². The van der Waals surface area contributed by atoms with Crippen LogP contribution in [0.15, 0.2) is 24.3 Å². The molecule has 0 saturated heterocycles. The number of likely N-dealkylation sites (N-methyl/N-ethyl adjacent to an activating group) is 1. The number of urea groups is 1. The lowest BCUT2D eigenvalue weighted by molar-refractivity contribution is 0.185. The molecular weight excluding hydrogens is 290 g/mol. The summed E-state index contributed by atoms with van der Waals surface area (Å²) in [6, 6.07) is 8.10. The molecule has 130 valence electrons. The van der Waals surface area contributed by atoms with Gasteiger partial charge >= 0.3 is 6.03 Å². The van der Waals surface area contributed by atoms with Crippen LogP contribution in [0.25, 0.3) is 0 Å². The van der Waals surface area contributed by atoms with Crippen molar-refractivity contribution in [1.29, 1.82) is 0 Å². The first-order chi connectivity index (χ1) is 10.9. The molecule has 1 aromatic carbocycles. The van der Waals surface area contributed by atoms with Gasteiger partial charge in [0.2, 0.25) is 0 Å². The van der Waals surface area contributed by atoms with Crippen molar-refractivity contribution >= 4 is 6.03 Å². The molecule has 0 aromatic heterocycles. The Morgan fingerprint density at radius 3 is 2.57 bits per heavy atom. The Morgan fingerprint density at radius 1 is 1.26 bits per heavy atom. The largest absolute Gasteiger partial charge is 0.380 e. The molecule has 2 amide bonds. The molecule has 0 aliphatic carbocycles. The summed E-state index contributed by atoms with van der Waals surface area (Å²) in [5.74, 6) is 0.547. The molecular formula is C18H31N3O2. The van der Waals surface area contributed by atoms with Crippen molar-refractivity contribution in [2.45, 2.75) is 39.5 Å². The van der Waals surface area contributed by atoms with Gasteiger partial charge in [0.25, 0.3) is 0 Å². The van der Waals surface area contributed by atoms with E-state index in [1.54, 1.807) is 7.11 Å². The van der Waals surface area contributed by atoms with E-state index in [0.717, 1.165) is 24.1 Å². The molecule has 0 heterocycles. The smallest absolute Gasteiger partial charge is 0.315 e. The molecule has 5 nitrogen and oxygen atoms in total. The molecule has 0 spiro atoms. The number of methoxy groups -OCH3 is 1. The second kappa shape index (κ2) is 10.2. The summed E-state index contributed by atoms with van der Waals surface area (Å²) < 4.78 is 5.13. The van der Waals surface area contributed by atoms with Gasteiger partial charge in [-0.25, -0.2) is 4.79 Å². The lowest BCUT2D eigenvalue weighted by Gasteiger charge is -2.24. The highest BCUT2D eigenvalue weighted by Gasteiger charge is 2.14. The summed E-state index contributed by atoms with van der Waals surface area (Å²) in [5, 5.41) is 6.01. The van der Waals surface area contributed by atoms with Crippen molar-refractivity contribution in [2.75, 3.05) is 27.7 Å². The predicted octanol–water partition coefficient (Wildman–Crippen LogP) is 2.61. The van der Waals surface area contributed by atoms with Gasteiger partial charge in [0, 0.05) is 26.2 Å². The van der Waals surface area contributed by atoms with Crippen LogP contribution >= 0.6 is 0 Å². The fraction of sp³-hybridized carbons (Fsp3) is 0.611. The third-order valence-electron chi connectivity index (χ3n) is 3.43. The van der Waals surface area contributed by atoms with Crippen molar-refractivity contribution in [3.8, 4) is 0 Å². The summed E-state index contributed by atoms with van der Waals surface area (Å²) in [6.07, 6.45) is 0.967. The minimum Gasteiger partial charge on any atom is -0.380 e. The lowest BCUT2D eigenvalue weighted by atomic mass is 10.0. The fourth-order valence-corrected chi connectivity index (χ4v) is 2.60. The van der Waals surface area contributed by atoms with Gasteiger partial charge in [-0.3, -0.25) is 0 Å². The normalized spacial score (nSPS) is 12.5. The lowest BCUT2D eigenvalue weighted by Crippen LogP contribution is -2.46. The third kappa shape index (κ3) is 8.57. The van der Waals surface area contributed by atoms with Gasteiger partial charge in [-0.1, -0.05) is 38.1 Å². The number of hydrogen-bond donors (Lipinski definition) is 2. The molecule has 1 unspecified atom stereocenters. The van der Waals surface area contributed by atoms with Crippen molar-refractivity contribution in [2.24, 2.45) is 5.92 Å². The van der Waals surface area contributed by atoms with Crippen LogP contribution in [0.4, 0.5) is 4.79 Å². The minimum atomic E-state index is -0.116. The molecule has 0 saturated carbocycles. The minimum absolute atomic E-state index is 0.116. The Kier molecular flexibility index (Phi) is 8.66. The number of benzene rings is 1. The van der Waals surface area contributed by atoms with Crippen LogP contribution in [0.2, 0.25) is 0 Å². The van der Waals surface area contributed by atoms with Gasteiger partial charge in [-0.2, -0.15) is 0 Å². The molecule has 0 fully saturated rings.